The second-order valence-corrected chi connectivity index (χ2v) is 9.58. The summed E-state index contributed by atoms with van der Waals surface area (Å²) in [5, 5.41) is 6.88. The molecule has 2 aliphatic rings. The van der Waals surface area contributed by atoms with Crippen molar-refractivity contribution in [1.82, 2.24) is 15.3 Å². The zero-order valence-corrected chi connectivity index (χ0v) is 21.5. The van der Waals surface area contributed by atoms with Crippen molar-refractivity contribution in [2.24, 2.45) is 0 Å². The maximum absolute atomic E-state index is 13.8. The van der Waals surface area contributed by atoms with E-state index in [1.54, 1.807) is 11.9 Å². The summed E-state index contributed by atoms with van der Waals surface area (Å²) in [6, 6.07) is 17.6. The number of nitrogens with one attached hydrogen (secondary N) is 1. The number of hydrogen-bond donors (Lipinski definition) is 1. The van der Waals surface area contributed by atoms with E-state index < -0.39 is 24.1 Å². The fraction of sp³-hybridized carbons (Fsp3) is 0.483. The van der Waals surface area contributed by atoms with Gasteiger partial charge >= 0.3 is 11.9 Å². The lowest BCUT2D eigenvalue weighted by Gasteiger charge is -2.42. The summed E-state index contributed by atoms with van der Waals surface area (Å²) in [4.78, 5) is 39.8. The number of hydrazine groups is 1. The Labute approximate surface area is 218 Å². The van der Waals surface area contributed by atoms with Crippen LogP contribution in [-0.4, -0.2) is 65.7 Å². The zero-order chi connectivity index (χ0) is 26.0. The molecule has 37 heavy (non-hydrogen) atoms. The molecule has 198 valence electrons. The van der Waals surface area contributed by atoms with E-state index in [1.165, 1.54) is 0 Å². The summed E-state index contributed by atoms with van der Waals surface area (Å²) in [6.45, 7) is 3.62. The average Bonchev–Trinajstić information content (AvgIpc) is 3.09. The van der Waals surface area contributed by atoms with Crippen LogP contribution in [0.4, 0.5) is 0 Å². The first-order valence-electron chi connectivity index (χ1n) is 13.3. The molecule has 8 nitrogen and oxygen atoms in total. The molecule has 0 bridgehead atoms. The van der Waals surface area contributed by atoms with E-state index in [9.17, 15) is 14.4 Å². The van der Waals surface area contributed by atoms with Crippen LogP contribution < -0.4 is 5.32 Å². The van der Waals surface area contributed by atoms with Gasteiger partial charge in [-0.3, -0.25) is 19.9 Å². The molecule has 1 N–H and O–H groups in total. The van der Waals surface area contributed by atoms with Crippen LogP contribution in [-0.2, 0) is 36.9 Å². The number of esters is 2. The van der Waals surface area contributed by atoms with E-state index in [1.807, 2.05) is 65.7 Å². The van der Waals surface area contributed by atoms with Crippen LogP contribution in [0.15, 0.2) is 60.7 Å². The van der Waals surface area contributed by atoms with Gasteiger partial charge in [-0.2, -0.15) is 0 Å². The Morgan fingerprint density at radius 2 is 1.59 bits per heavy atom. The highest BCUT2D eigenvalue weighted by molar-refractivity contribution is 5.88. The van der Waals surface area contributed by atoms with Gasteiger partial charge in [-0.15, -0.1) is 0 Å². The first kappa shape index (κ1) is 26.8. The number of amides is 1. The van der Waals surface area contributed by atoms with Crippen molar-refractivity contribution in [1.29, 1.82) is 0 Å². The van der Waals surface area contributed by atoms with E-state index in [4.69, 9.17) is 9.47 Å². The Bertz CT molecular complexity index is 1030. The molecular weight excluding hydrogens is 470 g/mol. The van der Waals surface area contributed by atoms with Crippen LogP contribution in [0.25, 0.3) is 0 Å². The largest absolute Gasteiger partial charge is 0.465 e. The predicted octanol–water partition coefficient (Wildman–Crippen LogP) is 3.25. The lowest BCUT2D eigenvalue weighted by atomic mass is 10.0. The highest BCUT2D eigenvalue weighted by Gasteiger charge is 2.43. The van der Waals surface area contributed by atoms with E-state index in [0.29, 0.717) is 32.2 Å². The Morgan fingerprint density at radius 3 is 2.27 bits per heavy atom. The number of carbonyl (C=O) groups excluding carboxylic acids is 3. The number of fused-ring (bicyclic) bond motifs is 1. The van der Waals surface area contributed by atoms with Gasteiger partial charge in [0.15, 0.2) is 0 Å². The summed E-state index contributed by atoms with van der Waals surface area (Å²) in [5.74, 6) is -0.939. The molecule has 2 aliphatic heterocycles. The number of nitrogens with zero attached hydrogens (tertiary/aromatic N) is 2. The van der Waals surface area contributed by atoms with Crippen molar-refractivity contribution in [3.05, 3.63) is 71.8 Å². The normalized spacial score (nSPS) is 21.0. The fourth-order valence-electron chi connectivity index (χ4n) is 5.08. The van der Waals surface area contributed by atoms with Crippen molar-refractivity contribution < 1.29 is 23.9 Å². The Balaban J connectivity index is 1.45. The van der Waals surface area contributed by atoms with Gasteiger partial charge in [0.25, 0.3) is 5.91 Å². The van der Waals surface area contributed by atoms with Gasteiger partial charge in [-0.05, 0) is 56.6 Å². The zero-order valence-electron chi connectivity index (χ0n) is 21.5. The number of hydrogen-bond acceptors (Lipinski definition) is 7. The van der Waals surface area contributed by atoms with Crippen molar-refractivity contribution in [2.75, 3.05) is 19.7 Å². The molecule has 2 saturated heterocycles. The Morgan fingerprint density at radius 1 is 0.946 bits per heavy atom. The van der Waals surface area contributed by atoms with Gasteiger partial charge in [0.1, 0.15) is 18.7 Å². The third-order valence-electron chi connectivity index (χ3n) is 6.96. The second-order valence-electron chi connectivity index (χ2n) is 9.58. The highest BCUT2D eigenvalue weighted by Crippen LogP contribution is 2.25. The maximum Gasteiger partial charge on any atom is 0.330 e. The van der Waals surface area contributed by atoms with Crippen LogP contribution in [0.1, 0.15) is 50.2 Å². The summed E-state index contributed by atoms with van der Waals surface area (Å²) in [5.41, 5.74) is 2.02. The molecule has 1 unspecified atom stereocenters. The minimum Gasteiger partial charge on any atom is -0.465 e. The number of carbonyl (C=O) groups is 3. The van der Waals surface area contributed by atoms with Crippen LogP contribution in [0.5, 0.6) is 0 Å². The van der Waals surface area contributed by atoms with Gasteiger partial charge in [-0.1, -0.05) is 60.7 Å². The predicted molar refractivity (Wildman–Crippen MR) is 139 cm³/mol. The molecule has 3 atom stereocenters. The lowest BCUT2D eigenvalue weighted by molar-refractivity contribution is -0.178. The van der Waals surface area contributed by atoms with Crippen LogP contribution in [0, 0.1) is 0 Å². The summed E-state index contributed by atoms with van der Waals surface area (Å²) in [6.07, 6.45) is 3.92. The quantitative estimate of drug-likeness (QED) is 0.494. The molecule has 4 rings (SSSR count). The SMILES string of the molecule is CCOC(=O)C(CCc1ccccc1)N[C@H]1CCCN2CCC[C@@H](C(=O)OCc3ccccc3)N2C1=O. The van der Waals surface area contributed by atoms with Crippen molar-refractivity contribution >= 4 is 17.8 Å². The minimum atomic E-state index is -0.669. The molecule has 2 aromatic rings. The molecule has 2 aromatic carbocycles. The number of aryl methyl sites for hydroxylation is 1. The van der Waals surface area contributed by atoms with Gasteiger partial charge in [0, 0.05) is 13.1 Å². The third kappa shape index (κ3) is 7.17. The number of rotatable bonds is 10. The topological polar surface area (TPSA) is 88.2 Å². The highest BCUT2D eigenvalue weighted by atomic mass is 16.5. The molecule has 0 radical (unpaired) electrons. The van der Waals surface area contributed by atoms with Crippen LogP contribution >= 0.6 is 0 Å². The summed E-state index contributed by atoms with van der Waals surface area (Å²) in [7, 11) is 0. The van der Waals surface area contributed by atoms with E-state index >= 15 is 0 Å². The van der Waals surface area contributed by atoms with Gasteiger partial charge in [-0.25, -0.2) is 9.80 Å². The van der Waals surface area contributed by atoms with Gasteiger partial charge in [0.05, 0.1) is 12.6 Å². The van der Waals surface area contributed by atoms with Crippen molar-refractivity contribution in [2.45, 2.75) is 70.2 Å². The number of benzene rings is 2. The molecule has 0 aliphatic carbocycles. The first-order chi connectivity index (χ1) is 18.1. The van der Waals surface area contributed by atoms with Crippen LogP contribution in [0.2, 0.25) is 0 Å². The third-order valence-corrected chi connectivity index (χ3v) is 6.96. The standard InChI is InChI=1S/C29H37N3O5/c1-2-36-28(34)25(18-17-22-11-5-3-6-12-22)30-24-15-9-19-31-20-10-16-26(32(31)27(24)33)29(35)37-21-23-13-7-4-8-14-23/h3-8,11-14,24-26,30H,2,9-10,15-21H2,1H3/t24-,25?,26-/m0/s1. The van der Waals surface area contributed by atoms with E-state index in [-0.39, 0.29) is 25.1 Å². The van der Waals surface area contributed by atoms with Crippen molar-refractivity contribution in [3.63, 3.8) is 0 Å². The summed E-state index contributed by atoms with van der Waals surface area (Å²) < 4.78 is 11.0. The fourth-order valence-corrected chi connectivity index (χ4v) is 5.08. The molecule has 0 aromatic heterocycles. The van der Waals surface area contributed by atoms with E-state index in [0.717, 1.165) is 30.5 Å². The number of ether oxygens (including phenoxy) is 2. The first-order valence-corrected chi connectivity index (χ1v) is 13.3. The maximum atomic E-state index is 13.8. The Hall–Kier alpha value is -3.23. The van der Waals surface area contributed by atoms with Gasteiger partial charge < -0.3 is 9.47 Å². The molecule has 2 fully saturated rings. The molecule has 2 heterocycles. The van der Waals surface area contributed by atoms with Crippen LogP contribution in [0.3, 0.4) is 0 Å². The smallest absolute Gasteiger partial charge is 0.330 e. The molecule has 0 spiro atoms. The molecule has 0 saturated carbocycles. The summed E-state index contributed by atoms with van der Waals surface area (Å²) >= 11 is 0. The average molecular weight is 508 g/mol. The second kappa shape index (κ2) is 13.4. The van der Waals surface area contributed by atoms with Gasteiger partial charge in [0.2, 0.25) is 0 Å². The molecule has 1 amide bonds. The molecule has 8 heteroatoms. The monoisotopic (exact) mass is 507 g/mol. The lowest BCUT2D eigenvalue weighted by Crippen LogP contribution is -2.62. The molecular formula is C29H37N3O5. The Kier molecular flexibility index (Phi) is 9.68. The van der Waals surface area contributed by atoms with Crippen molar-refractivity contribution in [3.8, 4) is 0 Å². The van der Waals surface area contributed by atoms with E-state index in [2.05, 4.69) is 5.32 Å². The minimum absolute atomic E-state index is 0.171.